The van der Waals surface area contributed by atoms with Crippen LogP contribution in [0.1, 0.15) is 23.6 Å². The molecular weight excluding hydrogens is 230 g/mol. The van der Waals surface area contributed by atoms with Gasteiger partial charge in [-0.05, 0) is 30.0 Å². The number of hydrogen-bond donors (Lipinski definition) is 3. The van der Waals surface area contributed by atoms with Crippen molar-refractivity contribution in [1.82, 2.24) is 5.32 Å². The highest BCUT2D eigenvalue weighted by Crippen LogP contribution is 2.34. The topological polar surface area (TPSA) is 69.6 Å². The van der Waals surface area contributed by atoms with Crippen molar-refractivity contribution >= 4 is 17.7 Å². The quantitative estimate of drug-likeness (QED) is 0.704. The molecule has 0 unspecified atom stereocenters. The van der Waals surface area contributed by atoms with E-state index in [1.807, 2.05) is 12.1 Å². The third-order valence-corrected chi connectivity index (χ3v) is 3.16. The fourth-order valence-electron chi connectivity index (χ4n) is 2.11. The number of rotatable bonds is 1. The van der Waals surface area contributed by atoms with Crippen LogP contribution in [0.2, 0.25) is 5.02 Å². The third kappa shape index (κ3) is 1.99. The highest BCUT2D eigenvalue weighted by Gasteiger charge is 2.30. The van der Waals surface area contributed by atoms with Crippen molar-refractivity contribution in [2.75, 3.05) is 0 Å². The first kappa shape index (κ1) is 11.2. The molecule has 0 aliphatic heterocycles. The second kappa shape index (κ2) is 4.31. The van der Waals surface area contributed by atoms with Gasteiger partial charge in [0.1, 0.15) is 0 Å². The molecular formula is C11H12ClNO3. The van der Waals surface area contributed by atoms with Crippen LogP contribution in [0.5, 0.6) is 0 Å². The summed E-state index contributed by atoms with van der Waals surface area (Å²) in [6.07, 6.45) is -0.618. The van der Waals surface area contributed by atoms with E-state index in [4.69, 9.17) is 16.7 Å². The first-order valence-electron chi connectivity index (χ1n) is 5.04. The lowest BCUT2D eigenvalue weighted by Crippen LogP contribution is -2.38. The number of amides is 1. The fraction of sp³-hybridized carbons (Fsp3) is 0.364. The number of hydrogen-bond acceptors (Lipinski definition) is 2. The van der Waals surface area contributed by atoms with E-state index in [1.54, 1.807) is 6.07 Å². The summed E-state index contributed by atoms with van der Waals surface area (Å²) in [6, 6.07) is 4.81. The van der Waals surface area contributed by atoms with Gasteiger partial charge in [0.25, 0.3) is 0 Å². The molecule has 2 atom stereocenters. The Labute approximate surface area is 97.9 Å². The molecule has 1 aromatic rings. The molecule has 0 aromatic heterocycles. The molecule has 0 saturated carbocycles. The standard InChI is InChI=1S/C11H12ClNO3/c12-7-3-1-2-6-4-5-8(14)10(9(6)7)13-11(15)16/h1-3,8,10,13-14H,4-5H2,(H,15,16)/t8-,10-/m0/s1. The highest BCUT2D eigenvalue weighted by atomic mass is 35.5. The molecule has 1 aliphatic carbocycles. The van der Waals surface area contributed by atoms with Crippen molar-refractivity contribution in [3.63, 3.8) is 0 Å². The molecule has 0 fully saturated rings. The minimum Gasteiger partial charge on any atom is -0.465 e. The van der Waals surface area contributed by atoms with Crippen LogP contribution in [0.15, 0.2) is 18.2 Å². The zero-order valence-corrected chi connectivity index (χ0v) is 9.24. The molecule has 2 rings (SSSR count). The molecule has 4 nitrogen and oxygen atoms in total. The third-order valence-electron chi connectivity index (χ3n) is 2.83. The summed E-state index contributed by atoms with van der Waals surface area (Å²) in [4.78, 5) is 10.7. The lowest BCUT2D eigenvalue weighted by Gasteiger charge is -2.30. The van der Waals surface area contributed by atoms with E-state index in [2.05, 4.69) is 5.32 Å². The van der Waals surface area contributed by atoms with Gasteiger partial charge in [0.2, 0.25) is 0 Å². The minimum absolute atomic E-state index is 0.495. The number of nitrogens with one attached hydrogen (secondary N) is 1. The summed E-state index contributed by atoms with van der Waals surface area (Å²) in [7, 11) is 0. The fourth-order valence-corrected chi connectivity index (χ4v) is 2.42. The number of halogens is 1. The smallest absolute Gasteiger partial charge is 0.405 e. The molecule has 86 valence electrons. The van der Waals surface area contributed by atoms with E-state index in [9.17, 15) is 9.90 Å². The number of fused-ring (bicyclic) bond motifs is 1. The van der Waals surface area contributed by atoms with Gasteiger partial charge in [-0.15, -0.1) is 0 Å². The average Bonchev–Trinajstić information content (AvgIpc) is 2.22. The number of carboxylic acid groups (broad SMARTS) is 1. The monoisotopic (exact) mass is 241 g/mol. The zero-order chi connectivity index (χ0) is 11.7. The lowest BCUT2D eigenvalue weighted by atomic mass is 9.85. The van der Waals surface area contributed by atoms with E-state index in [0.717, 1.165) is 12.0 Å². The van der Waals surface area contributed by atoms with Crippen molar-refractivity contribution in [3.05, 3.63) is 34.3 Å². The predicted octanol–water partition coefficient (Wildman–Crippen LogP) is 1.96. The Morgan fingerprint density at radius 1 is 1.50 bits per heavy atom. The number of carbonyl (C=O) groups is 1. The van der Waals surface area contributed by atoms with Gasteiger partial charge in [0, 0.05) is 5.02 Å². The van der Waals surface area contributed by atoms with Crippen LogP contribution >= 0.6 is 11.6 Å². The molecule has 1 aliphatic rings. The van der Waals surface area contributed by atoms with Crippen molar-refractivity contribution in [3.8, 4) is 0 Å². The second-order valence-electron chi connectivity index (χ2n) is 3.85. The Hall–Kier alpha value is -1.26. The molecule has 0 saturated heterocycles. The maximum absolute atomic E-state index is 10.7. The summed E-state index contributed by atoms with van der Waals surface area (Å²) in [5.41, 5.74) is 1.70. The molecule has 0 radical (unpaired) electrons. The maximum Gasteiger partial charge on any atom is 0.405 e. The van der Waals surface area contributed by atoms with Crippen molar-refractivity contribution in [2.45, 2.75) is 25.0 Å². The average molecular weight is 242 g/mol. The van der Waals surface area contributed by atoms with Crippen LogP contribution in [-0.4, -0.2) is 22.4 Å². The number of benzene rings is 1. The molecule has 1 amide bonds. The molecule has 5 heteroatoms. The van der Waals surface area contributed by atoms with Crippen LogP contribution in [0, 0.1) is 0 Å². The molecule has 1 aromatic carbocycles. The van der Waals surface area contributed by atoms with Gasteiger partial charge in [-0.3, -0.25) is 0 Å². The van der Waals surface area contributed by atoms with E-state index < -0.39 is 18.2 Å². The van der Waals surface area contributed by atoms with Crippen molar-refractivity contribution in [2.24, 2.45) is 0 Å². The summed E-state index contributed by atoms with van der Waals surface area (Å²) in [6.45, 7) is 0. The van der Waals surface area contributed by atoms with Crippen LogP contribution < -0.4 is 5.32 Å². The van der Waals surface area contributed by atoms with Crippen LogP contribution in [0.4, 0.5) is 4.79 Å². The van der Waals surface area contributed by atoms with E-state index in [1.165, 1.54) is 0 Å². The second-order valence-corrected chi connectivity index (χ2v) is 4.25. The van der Waals surface area contributed by atoms with E-state index >= 15 is 0 Å². The SMILES string of the molecule is O=C(O)N[C@@H]1c2c(Cl)cccc2CC[C@@H]1O. The molecule has 16 heavy (non-hydrogen) atoms. The Morgan fingerprint density at radius 3 is 2.94 bits per heavy atom. The van der Waals surface area contributed by atoms with Gasteiger partial charge in [-0.25, -0.2) is 4.79 Å². The molecule has 0 heterocycles. The van der Waals surface area contributed by atoms with Gasteiger partial charge in [-0.1, -0.05) is 23.7 Å². The Balaban J connectivity index is 2.42. The zero-order valence-electron chi connectivity index (χ0n) is 8.48. The van der Waals surface area contributed by atoms with Gasteiger partial charge in [0.05, 0.1) is 12.1 Å². The number of aliphatic hydroxyl groups excluding tert-OH is 1. The van der Waals surface area contributed by atoms with Gasteiger partial charge in [0.15, 0.2) is 0 Å². The Bertz CT molecular complexity index is 422. The van der Waals surface area contributed by atoms with Crippen LogP contribution in [0.25, 0.3) is 0 Å². The molecule has 0 spiro atoms. The normalized spacial score (nSPS) is 23.6. The molecule has 0 bridgehead atoms. The van der Waals surface area contributed by atoms with Gasteiger partial charge in [-0.2, -0.15) is 0 Å². The minimum atomic E-state index is -1.16. The maximum atomic E-state index is 10.7. The van der Waals surface area contributed by atoms with Crippen molar-refractivity contribution in [1.29, 1.82) is 0 Å². The highest BCUT2D eigenvalue weighted by molar-refractivity contribution is 6.31. The summed E-state index contributed by atoms with van der Waals surface area (Å²) in [5, 5.41) is 21.3. The largest absolute Gasteiger partial charge is 0.465 e. The lowest BCUT2D eigenvalue weighted by molar-refractivity contribution is 0.105. The first-order chi connectivity index (χ1) is 7.59. The van der Waals surface area contributed by atoms with Crippen molar-refractivity contribution < 1.29 is 15.0 Å². The van der Waals surface area contributed by atoms with Crippen LogP contribution in [0.3, 0.4) is 0 Å². The van der Waals surface area contributed by atoms with Gasteiger partial charge < -0.3 is 15.5 Å². The Morgan fingerprint density at radius 2 is 2.25 bits per heavy atom. The Kier molecular flexibility index (Phi) is 3.03. The van der Waals surface area contributed by atoms with E-state index in [-0.39, 0.29) is 0 Å². The number of aryl methyl sites for hydroxylation is 1. The molecule has 3 N–H and O–H groups in total. The van der Waals surface area contributed by atoms with E-state index in [0.29, 0.717) is 17.0 Å². The summed E-state index contributed by atoms with van der Waals surface area (Å²) < 4.78 is 0. The van der Waals surface area contributed by atoms with Gasteiger partial charge >= 0.3 is 6.09 Å². The number of aliphatic hydroxyl groups is 1. The van der Waals surface area contributed by atoms with Crippen LogP contribution in [-0.2, 0) is 6.42 Å². The first-order valence-corrected chi connectivity index (χ1v) is 5.42. The summed E-state index contributed by atoms with van der Waals surface area (Å²) in [5.74, 6) is 0. The predicted molar refractivity (Wildman–Crippen MR) is 59.7 cm³/mol. The summed E-state index contributed by atoms with van der Waals surface area (Å²) >= 11 is 6.04.